The van der Waals surface area contributed by atoms with Crippen LogP contribution in [-0.4, -0.2) is 22.1 Å². The van der Waals surface area contributed by atoms with Gasteiger partial charge in [-0.05, 0) is 13.0 Å². The van der Waals surface area contributed by atoms with Crippen molar-refractivity contribution in [3.8, 4) is 0 Å². The number of ether oxygens (including phenoxy) is 1. The summed E-state index contributed by atoms with van der Waals surface area (Å²) in [6.45, 7) is 2.79. The molecule has 1 atom stereocenters. The van der Waals surface area contributed by atoms with Gasteiger partial charge in [0.1, 0.15) is 17.9 Å². The number of carbonyl (C=O) groups is 1. The lowest BCUT2D eigenvalue weighted by Crippen LogP contribution is -2.18. The van der Waals surface area contributed by atoms with Crippen molar-refractivity contribution in [1.82, 2.24) is 4.57 Å². The second kappa shape index (κ2) is 6.33. The van der Waals surface area contributed by atoms with E-state index in [1.54, 1.807) is 6.92 Å². The topological polar surface area (TPSA) is 91.4 Å². The molecule has 0 aliphatic heterocycles. The van der Waals surface area contributed by atoms with Gasteiger partial charge < -0.3 is 9.30 Å². The summed E-state index contributed by atoms with van der Waals surface area (Å²) in [6.07, 6.45) is 1.32. The number of hydrogen-bond donors (Lipinski definition) is 0. The molecule has 1 aromatic heterocycles. The van der Waals surface area contributed by atoms with E-state index in [4.69, 9.17) is 16.3 Å². The average molecular weight is 343 g/mol. The van der Waals surface area contributed by atoms with Crippen LogP contribution in [0.1, 0.15) is 19.9 Å². The fraction of sp³-hybridized carbons (Fsp3) is 0.286. The maximum atomic E-state index is 13.8. The molecule has 0 saturated heterocycles. The van der Waals surface area contributed by atoms with Gasteiger partial charge in [0.25, 0.3) is 0 Å². The van der Waals surface area contributed by atoms with Crippen LogP contribution in [0.5, 0.6) is 0 Å². The number of hydrogen-bond acceptors (Lipinski definition) is 5. The summed E-state index contributed by atoms with van der Waals surface area (Å²) in [5.74, 6) is -1.56. The summed E-state index contributed by atoms with van der Waals surface area (Å²) in [5.41, 5.74) is -1.39. The van der Waals surface area contributed by atoms with Crippen molar-refractivity contribution >= 4 is 34.2 Å². The Morgan fingerprint density at radius 3 is 2.78 bits per heavy atom. The normalized spacial score (nSPS) is 12.2. The van der Waals surface area contributed by atoms with Gasteiger partial charge >= 0.3 is 11.7 Å². The molecule has 0 fully saturated rings. The third kappa shape index (κ3) is 3.16. The highest BCUT2D eigenvalue weighted by Gasteiger charge is 2.26. The summed E-state index contributed by atoms with van der Waals surface area (Å²) in [4.78, 5) is 33.3. The van der Waals surface area contributed by atoms with E-state index >= 15 is 0 Å². The fourth-order valence-electron chi connectivity index (χ4n) is 2.22. The molecule has 7 nitrogen and oxygen atoms in total. The molecule has 2 rings (SSSR count). The molecule has 0 aliphatic carbocycles. The number of nitro benzene ring substituents is 1. The first-order valence-corrected chi connectivity index (χ1v) is 6.92. The van der Waals surface area contributed by atoms with Gasteiger partial charge in [-0.15, -0.1) is 0 Å². The Balaban J connectivity index is 2.78. The lowest BCUT2D eigenvalue weighted by molar-refractivity contribution is -0.383. The molecule has 0 unspecified atom stereocenters. The smallest absolute Gasteiger partial charge is 0.315 e. The minimum absolute atomic E-state index is 0.0700. The molecule has 1 aromatic carbocycles. The quantitative estimate of drug-likeness (QED) is 0.484. The molecule has 2 aromatic rings. The van der Waals surface area contributed by atoms with Crippen LogP contribution in [0.15, 0.2) is 23.1 Å². The van der Waals surface area contributed by atoms with Gasteiger partial charge in [-0.1, -0.05) is 11.6 Å². The van der Waals surface area contributed by atoms with E-state index in [0.29, 0.717) is 0 Å². The van der Waals surface area contributed by atoms with Crippen LogP contribution in [0.4, 0.5) is 10.1 Å². The summed E-state index contributed by atoms with van der Waals surface area (Å²) in [7, 11) is 0. The zero-order chi connectivity index (χ0) is 17.3. The highest BCUT2D eigenvalue weighted by atomic mass is 35.5. The number of pyridine rings is 1. The van der Waals surface area contributed by atoms with Gasteiger partial charge in [-0.3, -0.25) is 19.7 Å². The van der Waals surface area contributed by atoms with Crippen molar-refractivity contribution in [3.63, 3.8) is 0 Å². The van der Waals surface area contributed by atoms with Crippen LogP contribution in [0.3, 0.4) is 0 Å². The minimum atomic E-state index is -1.05. The Labute approximate surface area is 134 Å². The maximum absolute atomic E-state index is 13.8. The van der Waals surface area contributed by atoms with Crippen LogP contribution < -0.4 is 5.43 Å². The number of nitro groups is 1. The molecule has 0 N–H and O–H groups in total. The molecule has 0 amide bonds. The molecular formula is C14H12ClFN2O5. The Morgan fingerprint density at radius 1 is 1.57 bits per heavy atom. The Bertz CT molecular complexity index is 864. The maximum Gasteiger partial charge on any atom is 0.315 e. The first kappa shape index (κ1) is 16.9. The molecule has 1 heterocycles. The lowest BCUT2D eigenvalue weighted by Gasteiger charge is -2.18. The third-order valence-corrected chi connectivity index (χ3v) is 3.62. The van der Waals surface area contributed by atoms with Crippen LogP contribution in [-0.2, 0) is 9.53 Å². The highest BCUT2D eigenvalue weighted by molar-refractivity contribution is 6.34. The standard InChI is InChI=1S/C14H12ClFN2O5/c1-7(6-23-8(2)19)17-4-3-11(20)9-5-10(16)12(15)14(13(9)17)18(21)22/h3-5,7H,6H2,1-2H3/t7-/m0/s1. The molecule has 0 saturated carbocycles. The Kier molecular flexibility index (Phi) is 4.65. The first-order chi connectivity index (χ1) is 10.7. The van der Waals surface area contributed by atoms with E-state index in [2.05, 4.69) is 0 Å². The van der Waals surface area contributed by atoms with Crippen molar-refractivity contribution in [2.75, 3.05) is 6.61 Å². The third-order valence-electron chi connectivity index (χ3n) is 3.26. The highest BCUT2D eigenvalue weighted by Crippen LogP contribution is 2.35. The fourth-order valence-corrected chi connectivity index (χ4v) is 2.43. The molecule has 0 bridgehead atoms. The monoisotopic (exact) mass is 342 g/mol. The molecular weight excluding hydrogens is 331 g/mol. The largest absolute Gasteiger partial charge is 0.464 e. The predicted molar refractivity (Wildman–Crippen MR) is 81.2 cm³/mol. The van der Waals surface area contributed by atoms with E-state index in [1.807, 2.05) is 0 Å². The van der Waals surface area contributed by atoms with E-state index in [0.717, 1.165) is 12.1 Å². The SMILES string of the molecule is CC(=O)OC[C@H](C)n1ccc(=O)c2cc(F)c(Cl)c([N+](=O)[O-])c21. The zero-order valence-corrected chi connectivity index (χ0v) is 13.0. The van der Waals surface area contributed by atoms with Gasteiger partial charge in [0.05, 0.1) is 16.4 Å². The van der Waals surface area contributed by atoms with Gasteiger partial charge in [0.2, 0.25) is 0 Å². The molecule has 122 valence electrons. The summed E-state index contributed by atoms with van der Waals surface area (Å²) in [5, 5.41) is 10.4. The summed E-state index contributed by atoms with van der Waals surface area (Å²) in [6, 6.07) is 1.49. The number of fused-ring (bicyclic) bond motifs is 1. The van der Waals surface area contributed by atoms with Gasteiger partial charge in [-0.2, -0.15) is 0 Å². The molecule has 0 radical (unpaired) electrons. The number of carbonyl (C=O) groups excluding carboxylic acids is 1. The summed E-state index contributed by atoms with van der Waals surface area (Å²) >= 11 is 5.71. The van der Waals surface area contributed by atoms with E-state index in [-0.39, 0.29) is 17.5 Å². The number of aromatic nitrogens is 1. The van der Waals surface area contributed by atoms with Crippen molar-refractivity contribution in [1.29, 1.82) is 0 Å². The molecule has 9 heteroatoms. The Morgan fingerprint density at radius 2 is 2.22 bits per heavy atom. The summed E-state index contributed by atoms with van der Waals surface area (Å²) < 4.78 is 20.0. The van der Waals surface area contributed by atoms with Crippen LogP contribution in [0.25, 0.3) is 10.9 Å². The molecule has 23 heavy (non-hydrogen) atoms. The van der Waals surface area contributed by atoms with Crippen molar-refractivity contribution in [3.05, 3.63) is 49.5 Å². The number of halogens is 2. The van der Waals surface area contributed by atoms with E-state index in [9.17, 15) is 24.1 Å². The van der Waals surface area contributed by atoms with Crippen LogP contribution in [0, 0.1) is 15.9 Å². The second-order valence-electron chi connectivity index (χ2n) is 4.91. The van der Waals surface area contributed by atoms with Crippen molar-refractivity contribution < 1.29 is 18.8 Å². The second-order valence-corrected chi connectivity index (χ2v) is 5.29. The molecule has 0 spiro atoms. The van der Waals surface area contributed by atoms with Gasteiger partial charge in [0, 0.05) is 19.2 Å². The lowest BCUT2D eigenvalue weighted by atomic mass is 10.1. The van der Waals surface area contributed by atoms with E-state index in [1.165, 1.54) is 17.7 Å². The van der Waals surface area contributed by atoms with Crippen molar-refractivity contribution in [2.24, 2.45) is 0 Å². The number of esters is 1. The number of rotatable bonds is 4. The van der Waals surface area contributed by atoms with Gasteiger partial charge in [-0.25, -0.2) is 4.39 Å². The minimum Gasteiger partial charge on any atom is -0.464 e. The Hall–Kier alpha value is -2.48. The predicted octanol–water partition coefficient (Wildman–Crippen LogP) is 2.83. The van der Waals surface area contributed by atoms with Crippen molar-refractivity contribution in [2.45, 2.75) is 19.9 Å². The zero-order valence-electron chi connectivity index (χ0n) is 12.2. The van der Waals surface area contributed by atoms with Crippen LogP contribution >= 0.6 is 11.6 Å². The molecule has 0 aliphatic rings. The number of benzene rings is 1. The average Bonchev–Trinajstić information content (AvgIpc) is 2.47. The number of nitrogens with zero attached hydrogens (tertiary/aromatic N) is 2. The van der Waals surface area contributed by atoms with E-state index < -0.39 is 38.9 Å². The van der Waals surface area contributed by atoms with Gasteiger partial charge in [0.15, 0.2) is 10.5 Å². The van der Waals surface area contributed by atoms with Crippen LogP contribution in [0.2, 0.25) is 5.02 Å². The first-order valence-electron chi connectivity index (χ1n) is 6.54.